The lowest BCUT2D eigenvalue weighted by molar-refractivity contribution is 0.632. The van der Waals surface area contributed by atoms with E-state index in [0.717, 1.165) is 0 Å². The molecule has 0 saturated carbocycles. The van der Waals surface area contributed by atoms with Gasteiger partial charge in [0, 0.05) is 0 Å². The Kier molecular flexibility index (Phi) is 4.81. The summed E-state index contributed by atoms with van der Waals surface area (Å²) in [5.41, 5.74) is 0. The summed E-state index contributed by atoms with van der Waals surface area (Å²) in [5, 5.41) is 0. The lowest BCUT2D eigenvalue weighted by atomic mass is 10.6. The third-order valence-electron chi connectivity index (χ3n) is 0.776. The van der Waals surface area contributed by atoms with E-state index in [1.165, 1.54) is 12.5 Å². The molecule has 0 fully saturated rings. The fourth-order valence-corrected chi connectivity index (χ4v) is 1.52. The summed E-state index contributed by atoms with van der Waals surface area (Å²) in [6, 6.07) is 1.23. The summed E-state index contributed by atoms with van der Waals surface area (Å²) in [5.74, 6) is 0. The Morgan fingerprint density at radius 2 is 2.29 bits per heavy atom. The SMILES string of the molecule is CCC[Si](C)O[Si]. The summed E-state index contributed by atoms with van der Waals surface area (Å²) >= 11 is 0. The number of rotatable bonds is 3. The van der Waals surface area contributed by atoms with Crippen LogP contribution in [0.1, 0.15) is 13.3 Å². The summed E-state index contributed by atoms with van der Waals surface area (Å²) in [7, 11) is 2.54. The van der Waals surface area contributed by atoms with Gasteiger partial charge in [-0.3, -0.25) is 0 Å². The van der Waals surface area contributed by atoms with Crippen LogP contribution in [-0.4, -0.2) is 19.5 Å². The monoisotopic (exact) mass is 130 g/mol. The van der Waals surface area contributed by atoms with Gasteiger partial charge in [0.1, 0.15) is 0 Å². The third-order valence-corrected chi connectivity index (χ3v) is 3.37. The van der Waals surface area contributed by atoms with Crippen molar-refractivity contribution < 1.29 is 4.12 Å². The zero-order valence-electron chi connectivity index (χ0n) is 4.82. The Hall–Kier alpha value is 0.394. The van der Waals surface area contributed by atoms with Gasteiger partial charge < -0.3 is 4.12 Å². The molecule has 0 bridgehead atoms. The Labute approximate surface area is 50.3 Å². The molecular formula is C4H10OSi2. The van der Waals surface area contributed by atoms with Crippen molar-refractivity contribution in [1.82, 2.24) is 0 Å². The van der Waals surface area contributed by atoms with Crippen LogP contribution < -0.4 is 0 Å². The van der Waals surface area contributed by atoms with Crippen molar-refractivity contribution in [2.24, 2.45) is 0 Å². The van der Waals surface area contributed by atoms with E-state index in [1.807, 2.05) is 0 Å². The lowest BCUT2D eigenvalue weighted by Gasteiger charge is -2.01. The first kappa shape index (κ1) is 7.39. The van der Waals surface area contributed by atoms with Gasteiger partial charge in [-0.2, -0.15) is 0 Å². The minimum atomic E-state index is -0.466. The van der Waals surface area contributed by atoms with Crippen molar-refractivity contribution in [2.75, 3.05) is 0 Å². The molecule has 7 heavy (non-hydrogen) atoms. The van der Waals surface area contributed by atoms with Crippen molar-refractivity contribution in [1.29, 1.82) is 0 Å². The zero-order valence-corrected chi connectivity index (χ0v) is 6.82. The van der Waals surface area contributed by atoms with E-state index < -0.39 is 9.04 Å². The fraction of sp³-hybridized carbons (Fsp3) is 1.00. The summed E-state index contributed by atoms with van der Waals surface area (Å²) in [4.78, 5) is 0. The molecule has 0 aliphatic carbocycles. The van der Waals surface area contributed by atoms with E-state index in [9.17, 15) is 0 Å². The van der Waals surface area contributed by atoms with Crippen LogP contribution in [-0.2, 0) is 4.12 Å². The number of hydrogen-bond acceptors (Lipinski definition) is 1. The molecule has 4 radical (unpaired) electrons. The van der Waals surface area contributed by atoms with Gasteiger partial charge in [-0.15, -0.1) is 0 Å². The Balaban J connectivity index is 2.83. The molecule has 0 aromatic rings. The molecule has 0 spiro atoms. The van der Waals surface area contributed by atoms with Gasteiger partial charge in [0.15, 0.2) is 9.04 Å². The molecule has 0 saturated heterocycles. The average Bonchev–Trinajstić information content (AvgIpc) is 1.68. The first-order valence-electron chi connectivity index (χ1n) is 2.47. The van der Waals surface area contributed by atoms with Crippen molar-refractivity contribution in [3.63, 3.8) is 0 Å². The topological polar surface area (TPSA) is 9.23 Å². The van der Waals surface area contributed by atoms with Gasteiger partial charge in [-0.05, 0) is 12.6 Å². The second kappa shape index (κ2) is 4.55. The highest BCUT2D eigenvalue weighted by atomic mass is 28.3. The maximum Gasteiger partial charge on any atom is 0.229 e. The van der Waals surface area contributed by atoms with Gasteiger partial charge in [-0.25, -0.2) is 0 Å². The average molecular weight is 130 g/mol. The van der Waals surface area contributed by atoms with Crippen LogP contribution >= 0.6 is 0 Å². The minimum absolute atomic E-state index is 0.466. The van der Waals surface area contributed by atoms with Crippen LogP contribution in [0.5, 0.6) is 0 Å². The quantitative estimate of drug-likeness (QED) is 0.520. The molecular weight excluding hydrogens is 120 g/mol. The van der Waals surface area contributed by atoms with Crippen LogP contribution in [0.15, 0.2) is 0 Å². The van der Waals surface area contributed by atoms with Gasteiger partial charge in [-0.1, -0.05) is 13.3 Å². The van der Waals surface area contributed by atoms with E-state index in [4.69, 9.17) is 4.12 Å². The van der Waals surface area contributed by atoms with Crippen molar-refractivity contribution in [3.8, 4) is 0 Å². The van der Waals surface area contributed by atoms with Gasteiger partial charge in [0.2, 0.25) is 10.5 Å². The minimum Gasteiger partial charge on any atom is -0.457 e. The standard InChI is InChI=1S/C4H10OSi2/c1-3-4-7(2)5-6/h3-4H2,1-2H3. The van der Waals surface area contributed by atoms with Gasteiger partial charge >= 0.3 is 0 Å². The molecule has 1 nitrogen and oxygen atoms in total. The molecule has 3 heteroatoms. The van der Waals surface area contributed by atoms with E-state index >= 15 is 0 Å². The molecule has 0 heterocycles. The molecule has 0 atom stereocenters. The van der Waals surface area contributed by atoms with Crippen molar-refractivity contribution in [3.05, 3.63) is 0 Å². The van der Waals surface area contributed by atoms with Crippen LogP contribution in [0.25, 0.3) is 0 Å². The molecule has 0 aliphatic rings. The highest BCUT2D eigenvalue weighted by Gasteiger charge is 1.97. The maximum atomic E-state index is 4.90. The largest absolute Gasteiger partial charge is 0.457 e. The molecule has 0 unspecified atom stereocenters. The molecule has 0 rings (SSSR count). The molecule has 0 amide bonds. The number of hydrogen-bond donors (Lipinski definition) is 0. The van der Waals surface area contributed by atoms with Crippen LogP contribution in [0, 0.1) is 0 Å². The molecule has 0 aromatic heterocycles. The fourth-order valence-electron chi connectivity index (χ4n) is 0.403. The Morgan fingerprint density at radius 3 is 2.43 bits per heavy atom. The Morgan fingerprint density at radius 1 is 1.71 bits per heavy atom. The maximum absolute atomic E-state index is 4.90. The molecule has 0 aromatic carbocycles. The summed E-state index contributed by atoms with van der Waals surface area (Å²) in [6.45, 7) is 4.31. The predicted molar refractivity (Wildman–Crippen MR) is 33.6 cm³/mol. The normalized spacial score (nSPS) is 10.3. The molecule has 0 aliphatic heterocycles. The van der Waals surface area contributed by atoms with Gasteiger partial charge in [0.05, 0.1) is 0 Å². The highest BCUT2D eigenvalue weighted by molar-refractivity contribution is 6.54. The summed E-state index contributed by atoms with van der Waals surface area (Å²) < 4.78 is 4.90. The Bertz CT molecular complexity index is 40.7. The van der Waals surface area contributed by atoms with E-state index in [-0.39, 0.29) is 0 Å². The van der Waals surface area contributed by atoms with E-state index in [1.54, 1.807) is 0 Å². The lowest BCUT2D eigenvalue weighted by Crippen LogP contribution is -2.09. The van der Waals surface area contributed by atoms with Crippen LogP contribution in [0.4, 0.5) is 0 Å². The zero-order chi connectivity index (χ0) is 5.70. The van der Waals surface area contributed by atoms with Crippen LogP contribution in [0.3, 0.4) is 0 Å². The highest BCUT2D eigenvalue weighted by Crippen LogP contribution is 1.94. The summed E-state index contributed by atoms with van der Waals surface area (Å²) in [6.07, 6.45) is 1.23. The van der Waals surface area contributed by atoms with Gasteiger partial charge in [0.25, 0.3) is 0 Å². The second-order valence-electron chi connectivity index (χ2n) is 1.55. The molecule has 40 valence electrons. The smallest absolute Gasteiger partial charge is 0.229 e. The first-order chi connectivity index (χ1) is 3.31. The second-order valence-corrected chi connectivity index (χ2v) is 4.27. The van der Waals surface area contributed by atoms with E-state index in [0.29, 0.717) is 0 Å². The van der Waals surface area contributed by atoms with E-state index in [2.05, 4.69) is 24.0 Å². The first-order valence-corrected chi connectivity index (χ1v) is 4.99. The van der Waals surface area contributed by atoms with Crippen molar-refractivity contribution >= 4 is 19.5 Å². The van der Waals surface area contributed by atoms with Crippen molar-refractivity contribution in [2.45, 2.75) is 25.9 Å². The van der Waals surface area contributed by atoms with Crippen LogP contribution in [0.2, 0.25) is 12.6 Å². The molecule has 0 N–H and O–H groups in total. The third kappa shape index (κ3) is 4.24. The predicted octanol–water partition coefficient (Wildman–Crippen LogP) is 1.12.